The Morgan fingerprint density at radius 1 is 1.27 bits per heavy atom. The molecule has 2 fully saturated rings. The van der Waals surface area contributed by atoms with Gasteiger partial charge in [0, 0.05) is 29.4 Å². The van der Waals surface area contributed by atoms with Crippen molar-refractivity contribution in [3.63, 3.8) is 0 Å². The van der Waals surface area contributed by atoms with Crippen LogP contribution in [-0.2, 0) is 11.2 Å². The molecular formula is C21H25N3O2. The van der Waals surface area contributed by atoms with Crippen LogP contribution in [0.3, 0.4) is 0 Å². The lowest BCUT2D eigenvalue weighted by Crippen LogP contribution is -2.20. The van der Waals surface area contributed by atoms with E-state index in [-0.39, 0.29) is 11.5 Å². The number of aryl methyl sites for hydroxylation is 1. The summed E-state index contributed by atoms with van der Waals surface area (Å²) in [5, 5.41) is 3.02. The minimum absolute atomic E-state index is 0.0865. The van der Waals surface area contributed by atoms with Crippen LogP contribution in [0.2, 0.25) is 0 Å². The zero-order chi connectivity index (χ0) is 18.1. The van der Waals surface area contributed by atoms with Gasteiger partial charge in [0.05, 0.1) is 0 Å². The number of hydrogen-bond donors (Lipinski definition) is 2. The monoisotopic (exact) mass is 351 g/mol. The van der Waals surface area contributed by atoms with Gasteiger partial charge in [-0.2, -0.15) is 0 Å². The average molecular weight is 351 g/mol. The number of nitrogens with zero attached hydrogens (tertiary/aromatic N) is 1. The Labute approximate surface area is 153 Å². The SMILES string of the molecule is CCc1cc(=O)[nH]c(-c2cccc(NC(=O)CC3CC4CCC3C4)c2)n1. The molecule has 5 heteroatoms. The maximum Gasteiger partial charge on any atom is 0.251 e. The summed E-state index contributed by atoms with van der Waals surface area (Å²) in [7, 11) is 0. The molecule has 1 aromatic heterocycles. The summed E-state index contributed by atoms with van der Waals surface area (Å²) < 4.78 is 0. The summed E-state index contributed by atoms with van der Waals surface area (Å²) in [6, 6.07) is 9.04. The zero-order valence-corrected chi connectivity index (χ0v) is 15.1. The van der Waals surface area contributed by atoms with Crippen molar-refractivity contribution in [1.82, 2.24) is 9.97 Å². The molecule has 2 aliphatic carbocycles. The number of hydrogen-bond acceptors (Lipinski definition) is 3. The first-order chi connectivity index (χ1) is 12.6. The highest BCUT2D eigenvalue weighted by atomic mass is 16.1. The number of amides is 1. The van der Waals surface area contributed by atoms with Gasteiger partial charge in [0.25, 0.3) is 5.56 Å². The van der Waals surface area contributed by atoms with Gasteiger partial charge in [0.15, 0.2) is 0 Å². The second-order valence-electron chi connectivity index (χ2n) is 7.71. The van der Waals surface area contributed by atoms with Crippen molar-refractivity contribution in [2.45, 2.75) is 45.4 Å². The quantitative estimate of drug-likeness (QED) is 0.861. The Hall–Kier alpha value is -2.43. The second kappa shape index (κ2) is 7.06. The van der Waals surface area contributed by atoms with Gasteiger partial charge in [0.2, 0.25) is 5.91 Å². The molecule has 2 aromatic rings. The molecule has 3 atom stereocenters. The number of carbonyl (C=O) groups excluding carboxylic acids is 1. The molecule has 136 valence electrons. The number of benzene rings is 1. The highest BCUT2D eigenvalue weighted by molar-refractivity contribution is 5.91. The lowest BCUT2D eigenvalue weighted by Gasteiger charge is -2.21. The number of carbonyl (C=O) groups is 1. The Kier molecular flexibility index (Phi) is 4.62. The topological polar surface area (TPSA) is 74.8 Å². The minimum atomic E-state index is -0.155. The van der Waals surface area contributed by atoms with Gasteiger partial charge in [-0.1, -0.05) is 25.5 Å². The van der Waals surface area contributed by atoms with E-state index in [1.807, 2.05) is 31.2 Å². The molecule has 0 radical (unpaired) electrons. The van der Waals surface area contributed by atoms with Gasteiger partial charge in [-0.15, -0.1) is 0 Å². The first kappa shape index (κ1) is 17.0. The lowest BCUT2D eigenvalue weighted by molar-refractivity contribution is -0.117. The lowest BCUT2D eigenvalue weighted by atomic mass is 9.86. The predicted molar refractivity (Wildman–Crippen MR) is 102 cm³/mol. The van der Waals surface area contributed by atoms with Crippen LogP contribution in [0.5, 0.6) is 0 Å². The highest BCUT2D eigenvalue weighted by Crippen LogP contribution is 2.49. The number of anilines is 1. The summed E-state index contributed by atoms with van der Waals surface area (Å²) in [6.45, 7) is 1.97. The Bertz CT molecular complexity index is 874. The molecule has 2 bridgehead atoms. The highest BCUT2D eigenvalue weighted by Gasteiger charge is 2.40. The molecule has 1 heterocycles. The number of H-pyrrole nitrogens is 1. The van der Waals surface area contributed by atoms with Crippen molar-refractivity contribution in [2.24, 2.45) is 17.8 Å². The Morgan fingerprint density at radius 3 is 2.88 bits per heavy atom. The average Bonchev–Trinajstić information content (AvgIpc) is 3.24. The van der Waals surface area contributed by atoms with Crippen LogP contribution in [0.25, 0.3) is 11.4 Å². The number of rotatable bonds is 5. The number of aromatic nitrogens is 2. The van der Waals surface area contributed by atoms with Crippen molar-refractivity contribution in [3.05, 3.63) is 46.4 Å². The molecule has 1 aromatic carbocycles. The van der Waals surface area contributed by atoms with E-state index in [9.17, 15) is 9.59 Å². The molecule has 3 unspecified atom stereocenters. The van der Waals surface area contributed by atoms with E-state index >= 15 is 0 Å². The van der Waals surface area contributed by atoms with Gasteiger partial charge in [-0.05, 0) is 55.6 Å². The fourth-order valence-corrected chi connectivity index (χ4v) is 4.65. The molecule has 4 rings (SSSR count). The van der Waals surface area contributed by atoms with Gasteiger partial charge < -0.3 is 10.3 Å². The molecule has 2 N–H and O–H groups in total. The molecule has 26 heavy (non-hydrogen) atoms. The standard InChI is InChI=1S/C21H25N3O2/c1-2-17-12-20(26)24-21(23-17)15-4-3-5-18(10-15)22-19(25)11-16-9-13-6-7-14(16)8-13/h3-5,10,12-14,16H,2,6-9,11H2,1H3,(H,22,25)(H,23,24,26). The largest absolute Gasteiger partial charge is 0.326 e. The number of fused-ring (bicyclic) bond motifs is 2. The van der Waals surface area contributed by atoms with Crippen LogP contribution in [0.4, 0.5) is 5.69 Å². The van der Waals surface area contributed by atoms with Gasteiger partial charge >= 0.3 is 0 Å². The van der Waals surface area contributed by atoms with Crippen LogP contribution in [-0.4, -0.2) is 15.9 Å². The van der Waals surface area contributed by atoms with Crippen molar-refractivity contribution < 1.29 is 4.79 Å². The van der Waals surface area contributed by atoms with Crippen LogP contribution < -0.4 is 10.9 Å². The second-order valence-corrected chi connectivity index (χ2v) is 7.71. The van der Waals surface area contributed by atoms with Crippen LogP contribution >= 0.6 is 0 Å². The smallest absolute Gasteiger partial charge is 0.251 e. The van der Waals surface area contributed by atoms with E-state index in [1.54, 1.807) is 0 Å². The summed E-state index contributed by atoms with van der Waals surface area (Å²) in [4.78, 5) is 31.5. The van der Waals surface area contributed by atoms with E-state index in [0.717, 1.165) is 28.8 Å². The summed E-state index contributed by atoms with van der Waals surface area (Å²) in [5.41, 5.74) is 2.15. The third-order valence-corrected chi connectivity index (χ3v) is 5.91. The summed E-state index contributed by atoms with van der Waals surface area (Å²) in [5.74, 6) is 2.79. The van der Waals surface area contributed by atoms with Gasteiger partial charge in [-0.3, -0.25) is 9.59 Å². The normalized spacial score (nSPS) is 24.0. The molecule has 2 aliphatic rings. The Balaban J connectivity index is 1.46. The van der Waals surface area contributed by atoms with Crippen LogP contribution in [0.1, 0.15) is 44.7 Å². The third-order valence-electron chi connectivity index (χ3n) is 5.91. The van der Waals surface area contributed by atoms with Crippen LogP contribution in [0, 0.1) is 17.8 Å². The molecule has 0 aliphatic heterocycles. The fraction of sp³-hybridized carbons (Fsp3) is 0.476. The first-order valence-electron chi connectivity index (χ1n) is 9.61. The molecule has 0 spiro atoms. The van der Waals surface area contributed by atoms with Gasteiger partial charge in [0.1, 0.15) is 5.82 Å². The summed E-state index contributed by atoms with van der Waals surface area (Å²) >= 11 is 0. The zero-order valence-electron chi connectivity index (χ0n) is 15.1. The van der Waals surface area contributed by atoms with E-state index < -0.39 is 0 Å². The maximum atomic E-state index is 12.5. The molecule has 2 saturated carbocycles. The van der Waals surface area contributed by atoms with E-state index in [4.69, 9.17) is 0 Å². The van der Waals surface area contributed by atoms with Crippen LogP contribution in [0.15, 0.2) is 35.1 Å². The molecule has 0 saturated heterocycles. The molecular weight excluding hydrogens is 326 g/mol. The van der Waals surface area contributed by atoms with Gasteiger partial charge in [-0.25, -0.2) is 4.98 Å². The predicted octanol–water partition coefficient (Wildman–Crippen LogP) is 3.76. The number of nitrogens with one attached hydrogen (secondary N) is 2. The molecule has 5 nitrogen and oxygen atoms in total. The Morgan fingerprint density at radius 2 is 2.15 bits per heavy atom. The number of aromatic amines is 1. The van der Waals surface area contributed by atoms with E-state index in [0.29, 0.717) is 24.6 Å². The maximum absolute atomic E-state index is 12.5. The third kappa shape index (κ3) is 3.57. The van der Waals surface area contributed by atoms with E-state index in [1.165, 1.54) is 31.7 Å². The van der Waals surface area contributed by atoms with Crippen molar-refractivity contribution in [2.75, 3.05) is 5.32 Å². The van der Waals surface area contributed by atoms with Crippen molar-refractivity contribution in [3.8, 4) is 11.4 Å². The minimum Gasteiger partial charge on any atom is -0.326 e. The molecule has 1 amide bonds. The summed E-state index contributed by atoms with van der Waals surface area (Å²) in [6.07, 6.45) is 6.51. The fourth-order valence-electron chi connectivity index (χ4n) is 4.65. The van der Waals surface area contributed by atoms with E-state index in [2.05, 4.69) is 15.3 Å². The first-order valence-corrected chi connectivity index (χ1v) is 9.61. The van der Waals surface area contributed by atoms with Crippen molar-refractivity contribution >= 4 is 11.6 Å². The van der Waals surface area contributed by atoms with Crippen molar-refractivity contribution in [1.29, 1.82) is 0 Å².